The quantitative estimate of drug-likeness (QED) is 0.915. The monoisotopic (exact) mass is 346 g/mol. The van der Waals surface area contributed by atoms with Gasteiger partial charge in [0.25, 0.3) is 0 Å². The van der Waals surface area contributed by atoms with Crippen molar-refractivity contribution in [2.75, 3.05) is 26.9 Å². The van der Waals surface area contributed by atoms with Crippen molar-refractivity contribution in [1.82, 2.24) is 20.2 Å². The molecule has 0 aliphatic carbocycles. The van der Waals surface area contributed by atoms with Gasteiger partial charge in [0.05, 0.1) is 32.9 Å². The molecule has 1 aliphatic rings. The number of methoxy groups -OCH3 is 1. The number of halogens is 1. The summed E-state index contributed by atoms with van der Waals surface area (Å²) in [6.45, 7) is 1.46. The fourth-order valence-corrected chi connectivity index (χ4v) is 2.64. The summed E-state index contributed by atoms with van der Waals surface area (Å²) in [5.74, 6) is 0.584. The third-order valence-corrected chi connectivity index (χ3v) is 3.93. The largest absolute Gasteiger partial charge is 0.481 e. The number of nitrogens with zero attached hydrogens (tertiary/aromatic N) is 3. The molecule has 0 bridgehead atoms. The Labute approximate surface area is 144 Å². The number of nitrogens with one attached hydrogen (secondary N) is 1. The molecule has 8 heteroatoms. The summed E-state index contributed by atoms with van der Waals surface area (Å²) < 4.78 is 23.7. The van der Waals surface area contributed by atoms with Crippen molar-refractivity contribution in [2.45, 2.75) is 12.6 Å². The molecule has 2 amide bonds. The zero-order valence-corrected chi connectivity index (χ0v) is 13.8. The van der Waals surface area contributed by atoms with Crippen LogP contribution in [0, 0.1) is 5.82 Å². The highest BCUT2D eigenvalue weighted by Crippen LogP contribution is 2.24. The molecule has 0 radical (unpaired) electrons. The van der Waals surface area contributed by atoms with Gasteiger partial charge in [0.2, 0.25) is 5.88 Å². The lowest BCUT2D eigenvalue weighted by atomic mass is 10.1. The predicted molar refractivity (Wildman–Crippen MR) is 87.5 cm³/mol. The number of benzene rings is 1. The van der Waals surface area contributed by atoms with Crippen molar-refractivity contribution in [3.05, 3.63) is 53.7 Å². The molecule has 1 N–H and O–H groups in total. The van der Waals surface area contributed by atoms with Crippen LogP contribution >= 0.6 is 0 Å². The second kappa shape index (κ2) is 7.89. The van der Waals surface area contributed by atoms with E-state index in [0.29, 0.717) is 31.5 Å². The topological polar surface area (TPSA) is 76.6 Å². The van der Waals surface area contributed by atoms with Crippen LogP contribution in [0.4, 0.5) is 9.18 Å². The highest BCUT2D eigenvalue weighted by molar-refractivity contribution is 5.74. The Balaban J connectivity index is 1.67. The molecule has 1 saturated heterocycles. The first kappa shape index (κ1) is 17.1. The summed E-state index contributed by atoms with van der Waals surface area (Å²) in [7, 11) is 1.52. The van der Waals surface area contributed by atoms with Gasteiger partial charge >= 0.3 is 6.03 Å². The normalized spacial score (nSPS) is 17.2. The Morgan fingerprint density at radius 2 is 2.20 bits per heavy atom. The van der Waals surface area contributed by atoms with Gasteiger partial charge in [-0.05, 0) is 17.7 Å². The number of ether oxygens (including phenoxy) is 2. The van der Waals surface area contributed by atoms with E-state index in [2.05, 4.69) is 15.3 Å². The summed E-state index contributed by atoms with van der Waals surface area (Å²) in [6, 6.07) is 7.22. The third-order valence-electron chi connectivity index (χ3n) is 3.93. The molecule has 132 valence electrons. The number of hydrogen-bond acceptors (Lipinski definition) is 5. The Morgan fingerprint density at radius 1 is 1.40 bits per heavy atom. The van der Waals surface area contributed by atoms with E-state index in [-0.39, 0.29) is 24.4 Å². The number of urea groups is 1. The molecule has 1 atom stereocenters. The number of carbonyl (C=O) groups excluding carboxylic acids is 1. The minimum Gasteiger partial charge on any atom is -0.481 e. The van der Waals surface area contributed by atoms with Crippen LogP contribution in [0.5, 0.6) is 5.88 Å². The number of amides is 2. The second-order valence-corrected chi connectivity index (χ2v) is 5.51. The van der Waals surface area contributed by atoms with Gasteiger partial charge in [-0.15, -0.1) is 0 Å². The van der Waals surface area contributed by atoms with Gasteiger partial charge in [-0.2, -0.15) is 4.98 Å². The number of rotatable bonds is 4. The standard InChI is InChI=1S/C17H19FN4O3/c1-24-16-6-7-19-15(21-16)10-20-17(23)22-8-9-25-11-14(22)12-2-4-13(18)5-3-12/h2-7,14H,8-11H2,1H3,(H,20,23). The van der Waals surface area contributed by atoms with E-state index in [0.717, 1.165) is 5.56 Å². The van der Waals surface area contributed by atoms with Crippen molar-refractivity contribution in [1.29, 1.82) is 0 Å². The first-order valence-electron chi connectivity index (χ1n) is 7.91. The third kappa shape index (κ3) is 4.21. The van der Waals surface area contributed by atoms with E-state index in [4.69, 9.17) is 9.47 Å². The van der Waals surface area contributed by atoms with Crippen LogP contribution < -0.4 is 10.1 Å². The van der Waals surface area contributed by atoms with E-state index in [1.54, 1.807) is 29.3 Å². The van der Waals surface area contributed by atoms with Crippen molar-refractivity contribution in [3.8, 4) is 5.88 Å². The molecule has 1 unspecified atom stereocenters. The van der Waals surface area contributed by atoms with Crippen LogP contribution in [0.1, 0.15) is 17.4 Å². The molecule has 0 saturated carbocycles. The zero-order valence-electron chi connectivity index (χ0n) is 13.8. The van der Waals surface area contributed by atoms with Crippen molar-refractivity contribution >= 4 is 6.03 Å². The maximum atomic E-state index is 13.1. The molecule has 2 aromatic rings. The molecule has 25 heavy (non-hydrogen) atoms. The van der Waals surface area contributed by atoms with E-state index in [1.807, 2.05) is 0 Å². The molecule has 1 aromatic carbocycles. The van der Waals surface area contributed by atoms with Gasteiger partial charge < -0.3 is 19.7 Å². The Morgan fingerprint density at radius 3 is 2.96 bits per heavy atom. The van der Waals surface area contributed by atoms with Crippen LogP contribution in [0.3, 0.4) is 0 Å². The molecule has 7 nitrogen and oxygen atoms in total. The van der Waals surface area contributed by atoms with Crippen LogP contribution in [-0.2, 0) is 11.3 Å². The van der Waals surface area contributed by atoms with Gasteiger partial charge in [0.1, 0.15) is 5.82 Å². The van der Waals surface area contributed by atoms with E-state index in [1.165, 1.54) is 19.2 Å². The first-order chi connectivity index (χ1) is 12.2. The lowest BCUT2D eigenvalue weighted by Gasteiger charge is -2.35. The first-order valence-corrected chi connectivity index (χ1v) is 7.91. The molecular weight excluding hydrogens is 327 g/mol. The summed E-state index contributed by atoms with van der Waals surface area (Å²) in [5.41, 5.74) is 0.828. The molecule has 1 fully saturated rings. The summed E-state index contributed by atoms with van der Waals surface area (Å²) in [6.07, 6.45) is 1.57. The average Bonchev–Trinajstić information content (AvgIpc) is 2.67. The van der Waals surface area contributed by atoms with Gasteiger partial charge in [-0.25, -0.2) is 14.2 Å². The number of hydrogen-bond donors (Lipinski definition) is 1. The van der Waals surface area contributed by atoms with Crippen molar-refractivity contribution in [3.63, 3.8) is 0 Å². The molecule has 2 heterocycles. The van der Waals surface area contributed by atoms with Crippen LogP contribution in [0.2, 0.25) is 0 Å². The maximum Gasteiger partial charge on any atom is 0.318 e. The van der Waals surface area contributed by atoms with Crippen molar-refractivity contribution < 1.29 is 18.7 Å². The van der Waals surface area contributed by atoms with E-state index < -0.39 is 0 Å². The predicted octanol–water partition coefficient (Wildman–Crippen LogP) is 1.91. The Bertz CT molecular complexity index is 726. The van der Waals surface area contributed by atoms with Crippen molar-refractivity contribution in [2.24, 2.45) is 0 Å². The van der Waals surface area contributed by atoms with E-state index >= 15 is 0 Å². The molecule has 1 aliphatic heterocycles. The lowest BCUT2D eigenvalue weighted by molar-refractivity contribution is 0.0115. The van der Waals surface area contributed by atoms with Crippen LogP contribution in [0.15, 0.2) is 36.5 Å². The summed E-state index contributed by atoms with van der Waals surface area (Å²) in [4.78, 5) is 22.5. The molecule has 1 aromatic heterocycles. The molecule has 3 rings (SSSR count). The van der Waals surface area contributed by atoms with Crippen LogP contribution in [-0.4, -0.2) is 47.8 Å². The number of morpholine rings is 1. The Hall–Kier alpha value is -2.74. The van der Waals surface area contributed by atoms with Crippen LogP contribution in [0.25, 0.3) is 0 Å². The number of aromatic nitrogens is 2. The lowest BCUT2D eigenvalue weighted by Crippen LogP contribution is -2.48. The smallest absolute Gasteiger partial charge is 0.318 e. The fourth-order valence-electron chi connectivity index (χ4n) is 2.64. The molecule has 0 spiro atoms. The van der Waals surface area contributed by atoms with E-state index in [9.17, 15) is 9.18 Å². The minimum absolute atomic E-state index is 0.184. The summed E-state index contributed by atoms with van der Waals surface area (Å²) in [5, 5.41) is 2.81. The summed E-state index contributed by atoms with van der Waals surface area (Å²) >= 11 is 0. The van der Waals surface area contributed by atoms with Gasteiger partial charge in [-0.1, -0.05) is 12.1 Å². The van der Waals surface area contributed by atoms with Gasteiger partial charge in [0.15, 0.2) is 5.82 Å². The zero-order chi connectivity index (χ0) is 17.6. The highest BCUT2D eigenvalue weighted by atomic mass is 19.1. The minimum atomic E-state index is -0.313. The Kier molecular flexibility index (Phi) is 5.39. The van der Waals surface area contributed by atoms with Gasteiger partial charge in [0, 0.05) is 18.8 Å². The average molecular weight is 346 g/mol. The highest BCUT2D eigenvalue weighted by Gasteiger charge is 2.28. The maximum absolute atomic E-state index is 13.1. The molecular formula is C17H19FN4O3. The number of carbonyl (C=O) groups is 1. The van der Waals surface area contributed by atoms with Gasteiger partial charge in [-0.3, -0.25) is 0 Å². The second-order valence-electron chi connectivity index (χ2n) is 5.51. The SMILES string of the molecule is COc1ccnc(CNC(=O)N2CCOCC2c2ccc(F)cc2)n1. The fraction of sp³-hybridized carbons (Fsp3) is 0.353.